The lowest BCUT2D eigenvalue weighted by molar-refractivity contribution is -0.133. The van der Waals surface area contributed by atoms with E-state index in [-0.39, 0.29) is 17.9 Å². The van der Waals surface area contributed by atoms with Crippen molar-refractivity contribution in [1.82, 2.24) is 10.2 Å². The molecule has 1 aromatic carbocycles. The maximum absolute atomic E-state index is 12.4. The van der Waals surface area contributed by atoms with Crippen LogP contribution in [0, 0.1) is 17.4 Å². The second kappa shape index (κ2) is 6.43. The summed E-state index contributed by atoms with van der Waals surface area (Å²) in [5, 5.41) is 11.9. The molecule has 1 aliphatic carbocycles. The van der Waals surface area contributed by atoms with Crippen LogP contribution in [-0.2, 0) is 4.79 Å². The Hall–Kier alpha value is -2.32. The molecule has 5 nitrogen and oxygen atoms in total. The average molecular weight is 329 g/mol. The largest absolute Gasteiger partial charge is 0.321 e. The van der Waals surface area contributed by atoms with Crippen LogP contribution in [0.25, 0.3) is 5.57 Å². The zero-order chi connectivity index (χ0) is 16.4. The number of hydrogen-bond donors (Lipinski definition) is 1. The molecule has 0 spiro atoms. The fourth-order valence-corrected chi connectivity index (χ4v) is 3.08. The van der Waals surface area contributed by atoms with Gasteiger partial charge in [-0.3, -0.25) is 9.79 Å². The van der Waals surface area contributed by atoms with Gasteiger partial charge >= 0.3 is 0 Å². The van der Waals surface area contributed by atoms with Gasteiger partial charge < -0.3 is 10.2 Å². The molecule has 1 saturated carbocycles. The minimum Gasteiger partial charge on any atom is -0.321 e. The third-order valence-corrected chi connectivity index (χ3v) is 4.58. The van der Waals surface area contributed by atoms with Gasteiger partial charge in [-0.1, -0.05) is 23.7 Å². The molecule has 6 heteroatoms. The number of carbonyl (C=O) groups is 1. The quantitative estimate of drug-likeness (QED) is 0.684. The minimum atomic E-state index is -0.0304. The zero-order valence-electron chi connectivity index (χ0n) is 12.8. The van der Waals surface area contributed by atoms with Crippen molar-refractivity contribution in [1.29, 1.82) is 5.26 Å². The van der Waals surface area contributed by atoms with Gasteiger partial charge in [-0.15, -0.1) is 0 Å². The minimum absolute atomic E-state index is 0.0304. The van der Waals surface area contributed by atoms with E-state index in [1.807, 2.05) is 36.5 Å². The Morgan fingerprint density at radius 3 is 2.96 bits per heavy atom. The maximum Gasteiger partial charge on any atom is 0.231 e. The van der Waals surface area contributed by atoms with Crippen molar-refractivity contribution in [2.24, 2.45) is 10.9 Å². The summed E-state index contributed by atoms with van der Waals surface area (Å²) in [5.41, 5.74) is 2.08. The molecule has 3 rings (SSSR count). The van der Waals surface area contributed by atoms with Gasteiger partial charge in [-0.2, -0.15) is 5.26 Å². The number of likely N-dealkylation sites (N-methyl/N-ethyl adjacent to an activating group) is 1. The molecule has 0 atom stereocenters. The number of rotatable bonds is 3. The lowest BCUT2D eigenvalue weighted by Gasteiger charge is -2.35. The van der Waals surface area contributed by atoms with Crippen molar-refractivity contribution in [3.63, 3.8) is 0 Å². The maximum atomic E-state index is 12.4. The van der Waals surface area contributed by atoms with E-state index in [9.17, 15) is 4.79 Å². The molecule has 23 heavy (non-hydrogen) atoms. The highest BCUT2D eigenvalue weighted by atomic mass is 35.5. The monoisotopic (exact) mass is 328 g/mol. The van der Waals surface area contributed by atoms with Crippen molar-refractivity contribution in [2.45, 2.75) is 18.9 Å². The summed E-state index contributed by atoms with van der Waals surface area (Å²) < 4.78 is 0. The van der Waals surface area contributed by atoms with Gasteiger partial charge in [0.15, 0.2) is 6.19 Å². The van der Waals surface area contributed by atoms with Crippen LogP contribution in [0.4, 0.5) is 0 Å². The number of amides is 1. The van der Waals surface area contributed by atoms with Crippen molar-refractivity contribution in [3.05, 3.63) is 40.9 Å². The standard InChI is InChI=1S/C17H17ClN4O/c1-22(17(23)12-6-15(7-12)21-10-19)16-8-13(9-20-16)11-3-2-4-14(18)5-11/h2-5,8,12,15,21H,6-7,9H2,1H3/t12-,15-. The lowest BCUT2D eigenvalue weighted by atomic mass is 9.79. The summed E-state index contributed by atoms with van der Waals surface area (Å²) in [6, 6.07) is 7.76. The van der Waals surface area contributed by atoms with Crippen molar-refractivity contribution < 1.29 is 4.79 Å². The summed E-state index contributed by atoms with van der Waals surface area (Å²) in [6.45, 7) is 0.552. The molecule has 118 valence electrons. The molecule has 0 bridgehead atoms. The highest BCUT2D eigenvalue weighted by Crippen LogP contribution is 2.30. The molecule has 0 unspecified atom stereocenters. The number of nitriles is 1. The highest BCUT2D eigenvalue weighted by molar-refractivity contribution is 6.30. The topological polar surface area (TPSA) is 68.5 Å². The molecule has 1 N–H and O–H groups in total. The Labute approximate surface area is 140 Å². The SMILES string of the molecule is CN(C1=NCC(c2cccc(Cl)c2)=C1)C(=O)[C@H]1C[C@H](NC#N)C1. The van der Waals surface area contributed by atoms with Crippen LogP contribution in [0.2, 0.25) is 5.02 Å². The molecule has 0 saturated heterocycles. The fourth-order valence-electron chi connectivity index (χ4n) is 2.89. The summed E-state index contributed by atoms with van der Waals surface area (Å²) in [5.74, 6) is 0.710. The normalized spacial score (nSPS) is 22.5. The summed E-state index contributed by atoms with van der Waals surface area (Å²) in [6.07, 6.45) is 5.27. The Bertz CT molecular complexity index is 728. The summed E-state index contributed by atoms with van der Waals surface area (Å²) in [4.78, 5) is 18.5. The molecule has 1 amide bonds. The third-order valence-electron chi connectivity index (χ3n) is 4.34. The smallest absolute Gasteiger partial charge is 0.231 e. The number of amidine groups is 1. The highest BCUT2D eigenvalue weighted by Gasteiger charge is 2.37. The van der Waals surface area contributed by atoms with Crippen molar-refractivity contribution in [3.8, 4) is 6.19 Å². The second-order valence-corrected chi connectivity index (χ2v) is 6.31. The van der Waals surface area contributed by atoms with E-state index in [0.29, 0.717) is 30.2 Å². The molecular formula is C17H17ClN4O. The van der Waals surface area contributed by atoms with Crippen LogP contribution in [0.5, 0.6) is 0 Å². The van der Waals surface area contributed by atoms with E-state index < -0.39 is 0 Å². The summed E-state index contributed by atoms with van der Waals surface area (Å²) in [7, 11) is 1.75. The Kier molecular flexibility index (Phi) is 4.35. The molecule has 1 aromatic rings. The number of nitrogens with zero attached hydrogens (tertiary/aromatic N) is 3. The van der Waals surface area contributed by atoms with E-state index in [1.165, 1.54) is 0 Å². The first-order valence-electron chi connectivity index (χ1n) is 7.51. The van der Waals surface area contributed by atoms with E-state index in [4.69, 9.17) is 16.9 Å². The van der Waals surface area contributed by atoms with Gasteiger partial charge in [0.1, 0.15) is 5.84 Å². The fraction of sp³-hybridized carbons (Fsp3) is 0.353. The first-order chi connectivity index (χ1) is 11.1. The first kappa shape index (κ1) is 15.6. The van der Waals surface area contributed by atoms with Gasteiger partial charge in [0.2, 0.25) is 5.91 Å². The number of hydrogen-bond acceptors (Lipinski definition) is 4. The van der Waals surface area contributed by atoms with Gasteiger partial charge in [0.25, 0.3) is 0 Å². The molecule has 1 aliphatic heterocycles. The van der Waals surface area contributed by atoms with Crippen LogP contribution in [0.1, 0.15) is 18.4 Å². The molecule has 2 aliphatic rings. The lowest BCUT2D eigenvalue weighted by Crippen LogP contribution is -2.47. The van der Waals surface area contributed by atoms with Crippen LogP contribution in [0.15, 0.2) is 35.3 Å². The van der Waals surface area contributed by atoms with Gasteiger partial charge in [0, 0.05) is 24.0 Å². The number of carbonyl (C=O) groups excluding carboxylic acids is 1. The van der Waals surface area contributed by atoms with Crippen molar-refractivity contribution in [2.75, 3.05) is 13.6 Å². The van der Waals surface area contributed by atoms with Crippen LogP contribution < -0.4 is 5.32 Å². The molecule has 0 aromatic heterocycles. The molecule has 0 radical (unpaired) electrons. The summed E-state index contributed by atoms with van der Waals surface area (Å²) >= 11 is 6.02. The third kappa shape index (κ3) is 3.22. The first-order valence-corrected chi connectivity index (χ1v) is 7.89. The van der Waals surface area contributed by atoms with E-state index in [1.54, 1.807) is 11.9 Å². The number of benzene rings is 1. The van der Waals surface area contributed by atoms with Gasteiger partial charge in [-0.25, -0.2) is 0 Å². The average Bonchev–Trinajstić information content (AvgIpc) is 2.99. The van der Waals surface area contributed by atoms with E-state index in [2.05, 4.69) is 10.3 Å². The van der Waals surface area contributed by atoms with Gasteiger partial charge in [-0.05, 0) is 42.2 Å². The number of halogens is 1. The Balaban J connectivity index is 1.64. The molecular weight excluding hydrogens is 312 g/mol. The van der Waals surface area contributed by atoms with E-state index >= 15 is 0 Å². The van der Waals surface area contributed by atoms with Crippen molar-refractivity contribution >= 4 is 28.9 Å². The van der Waals surface area contributed by atoms with Crippen LogP contribution in [-0.4, -0.2) is 36.3 Å². The van der Waals surface area contributed by atoms with Crippen LogP contribution in [0.3, 0.4) is 0 Å². The predicted octanol–water partition coefficient (Wildman–Crippen LogP) is 2.44. The van der Waals surface area contributed by atoms with Gasteiger partial charge in [0.05, 0.1) is 6.54 Å². The number of nitrogens with one attached hydrogen (secondary N) is 1. The van der Waals surface area contributed by atoms with E-state index in [0.717, 1.165) is 11.1 Å². The predicted molar refractivity (Wildman–Crippen MR) is 89.8 cm³/mol. The molecule has 1 heterocycles. The Morgan fingerprint density at radius 2 is 2.26 bits per heavy atom. The number of aliphatic imine (C=N–C) groups is 1. The second-order valence-electron chi connectivity index (χ2n) is 5.87. The zero-order valence-corrected chi connectivity index (χ0v) is 13.5. The molecule has 1 fully saturated rings. The Morgan fingerprint density at radius 1 is 1.48 bits per heavy atom. The van der Waals surface area contributed by atoms with Crippen LogP contribution >= 0.6 is 11.6 Å².